The minimum Gasteiger partial charge on any atom is -0.364 e. The Labute approximate surface area is 132 Å². The van der Waals surface area contributed by atoms with Crippen LogP contribution in [0.4, 0.5) is 5.69 Å². The van der Waals surface area contributed by atoms with E-state index >= 15 is 0 Å². The van der Waals surface area contributed by atoms with Gasteiger partial charge in [-0.25, -0.2) is 0 Å². The third kappa shape index (κ3) is 3.79. The SMILES string of the molecule is Clc1ccc(CN(c2ccccc2)C2CCCCC2)cc1. The summed E-state index contributed by atoms with van der Waals surface area (Å²) in [4.78, 5) is 2.57. The number of para-hydroxylation sites is 1. The van der Waals surface area contributed by atoms with Gasteiger partial charge in [0.2, 0.25) is 0 Å². The van der Waals surface area contributed by atoms with Crippen molar-refractivity contribution in [2.75, 3.05) is 4.90 Å². The summed E-state index contributed by atoms with van der Waals surface area (Å²) in [6.07, 6.45) is 6.72. The summed E-state index contributed by atoms with van der Waals surface area (Å²) in [6.45, 7) is 0.964. The predicted molar refractivity (Wildman–Crippen MR) is 91.0 cm³/mol. The Kier molecular flexibility index (Phi) is 4.82. The molecule has 0 heterocycles. The molecule has 110 valence electrons. The summed E-state index contributed by atoms with van der Waals surface area (Å²) in [5.41, 5.74) is 2.66. The second kappa shape index (κ2) is 7.00. The van der Waals surface area contributed by atoms with Crippen molar-refractivity contribution in [3.8, 4) is 0 Å². The first-order chi connectivity index (χ1) is 10.3. The minimum atomic E-state index is 0.664. The molecular formula is C19H22ClN. The lowest BCUT2D eigenvalue weighted by Gasteiger charge is -2.36. The highest BCUT2D eigenvalue weighted by atomic mass is 35.5. The van der Waals surface area contributed by atoms with E-state index in [4.69, 9.17) is 11.6 Å². The molecule has 21 heavy (non-hydrogen) atoms. The normalized spacial score (nSPS) is 15.9. The summed E-state index contributed by atoms with van der Waals surface area (Å²) in [5.74, 6) is 0. The molecule has 1 fully saturated rings. The number of nitrogens with zero attached hydrogens (tertiary/aromatic N) is 1. The van der Waals surface area contributed by atoms with Crippen LogP contribution in [0.2, 0.25) is 5.02 Å². The van der Waals surface area contributed by atoms with Crippen LogP contribution in [0, 0.1) is 0 Å². The summed E-state index contributed by atoms with van der Waals surface area (Å²) < 4.78 is 0. The van der Waals surface area contributed by atoms with Crippen LogP contribution in [0.5, 0.6) is 0 Å². The number of rotatable bonds is 4. The Morgan fingerprint density at radius 3 is 2.19 bits per heavy atom. The molecule has 1 aliphatic carbocycles. The van der Waals surface area contributed by atoms with Gasteiger partial charge in [0.05, 0.1) is 0 Å². The summed E-state index contributed by atoms with van der Waals surface area (Å²) in [6, 6.07) is 19.7. The number of hydrogen-bond donors (Lipinski definition) is 0. The van der Waals surface area contributed by atoms with Gasteiger partial charge in [-0.05, 0) is 42.7 Å². The van der Waals surface area contributed by atoms with E-state index in [-0.39, 0.29) is 0 Å². The molecule has 0 N–H and O–H groups in total. The van der Waals surface area contributed by atoms with Crippen LogP contribution in [0.1, 0.15) is 37.7 Å². The highest BCUT2D eigenvalue weighted by molar-refractivity contribution is 6.30. The van der Waals surface area contributed by atoms with E-state index in [0.29, 0.717) is 6.04 Å². The molecule has 1 nitrogen and oxygen atoms in total. The lowest BCUT2D eigenvalue weighted by molar-refractivity contribution is 0.413. The lowest BCUT2D eigenvalue weighted by atomic mass is 9.93. The number of halogens is 1. The van der Waals surface area contributed by atoms with Crippen molar-refractivity contribution >= 4 is 17.3 Å². The van der Waals surface area contributed by atoms with E-state index < -0.39 is 0 Å². The molecule has 0 bridgehead atoms. The third-order valence-corrected chi connectivity index (χ3v) is 4.62. The Bertz CT molecular complexity index is 544. The second-order valence-electron chi connectivity index (χ2n) is 5.88. The van der Waals surface area contributed by atoms with Gasteiger partial charge in [0.1, 0.15) is 0 Å². The first-order valence-electron chi connectivity index (χ1n) is 7.89. The van der Waals surface area contributed by atoms with Gasteiger partial charge in [0, 0.05) is 23.3 Å². The fraction of sp³-hybridized carbons (Fsp3) is 0.368. The highest BCUT2D eigenvalue weighted by Crippen LogP contribution is 2.29. The largest absolute Gasteiger partial charge is 0.364 e. The second-order valence-corrected chi connectivity index (χ2v) is 6.32. The van der Waals surface area contributed by atoms with Crippen LogP contribution >= 0.6 is 11.6 Å². The maximum absolute atomic E-state index is 6.00. The van der Waals surface area contributed by atoms with Gasteiger partial charge >= 0.3 is 0 Å². The summed E-state index contributed by atoms with van der Waals surface area (Å²) in [5, 5.41) is 0.808. The van der Waals surface area contributed by atoms with Gasteiger partial charge in [0.15, 0.2) is 0 Å². The molecule has 2 aromatic rings. The maximum atomic E-state index is 6.00. The number of hydrogen-bond acceptors (Lipinski definition) is 1. The van der Waals surface area contributed by atoms with E-state index in [1.54, 1.807) is 0 Å². The fourth-order valence-electron chi connectivity index (χ4n) is 3.23. The van der Waals surface area contributed by atoms with Gasteiger partial charge < -0.3 is 4.90 Å². The lowest BCUT2D eigenvalue weighted by Crippen LogP contribution is -2.36. The quantitative estimate of drug-likeness (QED) is 0.702. The molecule has 0 spiro atoms. The first-order valence-corrected chi connectivity index (χ1v) is 8.27. The fourth-order valence-corrected chi connectivity index (χ4v) is 3.36. The zero-order chi connectivity index (χ0) is 14.5. The van der Waals surface area contributed by atoms with Gasteiger partial charge in [-0.15, -0.1) is 0 Å². The van der Waals surface area contributed by atoms with Crippen molar-refractivity contribution in [2.45, 2.75) is 44.7 Å². The zero-order valence-electron chi connectivity index (χ0n) is 12.3. The Balaban J connectivity index is 1.83. The van der Waals surface area contributed by atoms with Crippen LogP contribution in [-0.2, 0) is 6.54 Å². The van der Waals surface area contributed by atoms with Gasteiger partial charge in [-0.3, -0.25) is 0 Å². The van der Waals surface area contributed by atoms with Crippen molar-refractivity contribution in [1.29, 1.82) is 0 Å². The van der Waals surface area contributed by atoms with Gasteiger partial charge in [-0.1, -0.05) is 61.2 Å². The molecule has 0 unspecified atom stereocenters. The molecule has 1 saturated carbocycles. The van der Waals surface area contributed by atoms with E-state index in [1.807, 2.05) is 12.1 Å². The molecule has 2 aromatic carbocycles. The molecule has 0 aliphatic heterocycles. The first kappa shape index (κ1) is 14.5. The van der Waals surface area contributed by atoms with Crippen molar-refractivity contribution in [3.63, 3.8) is 0 Å². The van der Waals surface area contributed by atoms with Crippen LogP contribution in [-0.4, -0.2) is 6.04 Å². The molecule has 0 atom stereocenters. The molecular weight excluding hydrogens is 278 g/mol. The maximum Gasteiger partial charge on any atom is 0.0432 e. The summed E-state index contributed by atoms with van der Waals surface area (Å²) >= 11 is 6.00. The topological polar surface area (TPSA) is 3.24 Å². The van der Waals surface area contributed by atoms with Gasteiger partial charge in [-0.2, -0.15) is 0 Å². The molecule has 2 heteroatoms. The standard InChI is InChI=1S/C19H22ClN/c20-17-13-11-16(12-14-17)15-21(18-7-3-1-4-8-18)19-9-5-2-6-10-19/h1,3-4,7-8,11-14,19H,2,5-6,9-10,15H2. The minimum absolute atomic E-state index is 0.664. The number of anilines is 1. The van der Waals surface area contributed by atoms with Crippen molar-refractivity contribution in [2.24, 2.45) is 0 Å². The molecule has 0 amide bonds. The Morgan fingerprint density at radius 2 is 1.52 bits per heavy atom. The van der Waals surface area contributed by atoms with E-state index in [1.165, 1.54) is 43.4 Å². The van der Waals surface area contributed by atoms with Crippen molar-refractivity contribution in [3.05, 3.63) is 65.2 Å². The molecule has 1 aliphatic rings. The van der Waals surface area contributed by atoms with E-state index in [0.717, 1.165) is 11.6 Å². The van der Waals surface area contributed by atoms with Crippen molar-refractivity contribution < 1.29 is 0 Å². The average molecular weight is 300 g/mol. The Morgan fingerprint density at radius 1 is 0.857 bits per heavy atom. The zero-order valence-corrected chi connectivity index (χ0v) is 13.1. The van der Waals surface area contributed by atoms with Crippen LogP contribution in [0.15, 0.2) is 54.6 Å². The van der Waals surface area contributed by atoms with Crippen LogP contribution in [0.3, 0.4) is 0 Å². The summed E-state index contributed by atoms with van der Waals surface area (Å²) in [7, 11) is 0. The van der Waals surface area contributed by atoms with E-state index in [2.05, 4.69) is 47.4 Å². The third-order valence-electron chi connectivity index (χ3n) is 4.37. The molecule has 0 aromatic heterocycles. The Hall–Kier alpha value is -1.47. The predicted octanol–water partition coefficient (Wildman–Crippen LogP) is 5.68. The van der Waals surface area contributed by atoms with E-state index in [9.17, 15) is 0 Å². The van der Waals surface area contributed by atoms with Crippen LogP contribution in [0.25, 0.3) is 0 Å². The average Bonchev–Trinajstić information content (AvgIpc) is 2.56. The van der Waals surface area contributed by atoms with Crippen molar-refractivity contribution in [1.82, 2.24) is 0 Å². The van der Waals surface area contributed by atoms with Crippen LogP contribution < -0.4 is 4.90 Å². The smallest absolute Gasteiger partial charge is 0.0432 e. The highest BCUT2D eigenvalue weighted by Gasteiger charge is 2.21. The molecule has 3 rings (SSSR count). The molecule has 0 saturated heterocycles. The molecule has 0 radical (unpaired) electrons. The number of benzene rings is 2. The monoisotopic (exact) mass is 299 g/mol. The van der Waals surface area contributed by atoms with Gasteiger partial charge in [0.25, 0.3) is 0 Å².